The van der Waals surface area contributed by atoms with Crippen molar-refractivity contribution in [1.82, 2.24) is 9.21 Å². The Labute approximate surface area is 114 Å². The monoisotopic (exact) mass is 294 g/mol. The number of aliphatic hydroxyl groups is 1. The predicted octanol–water partition coefficient (Wildman–Crippen LogP) is -1.12. The molecule has 0 bridgehead atoms. The Kier molecular flexibility index (Phi) is 6.18. The summed E-state index contributed by atoms with van der Waals surface area (Å²) in [6.07, 6.45) is 0.688. The highest BCUT2D eigenvalue weighted by molar-refractivity contribution is 7.90. The third-order valence-electron chi connectivity index (χ3n) is 3.30. The molecule has 1 aliphatic rings. The van der Waals surface area contributed by atoms with E-state index in [4.69, 9.17) is 5.11 Å². The molecule has 1 fully saturated rings. The van der Waals surface area contributed by atoms with Gasteiger partial charge in [0.25, 0.3) is 0 Å². The quantitative estimate of drug-likeness (QED) is 0.646. The molecule has 0 aromatic carbocycles. The van der Waals surface area contributed by atoms with Crippen LogP contribution in [0.15, 0.2) is 0 Å². The Hall–Kier alpha value is -0.700. The summed E-state index contributed by atoms with van der Waals surface area (Å²) in [5, 5.41) is 7.72. The number of β-amino-alcohol motifs (C(OH)–C–C–N with tert-alkyl or cyclic N) is 1. The number of sulfonamides is 1. The van der Waals surface area contributed by atoms with Gasteiger partial charge in [0.2, 0.25) is 10.0 Å². The van der Waals surface area contributed by atoms with Crippen LogP contribution < -0.4 is 0 Å². The normalized spacial score (nSPS) is 20.8. The van der Waals surface area contributed by atoms with Gasteiger partial charge in [0.1, 0.15) is 0 Å². The van der Waals surface area contributed by atoms with Crippen molar-refractivity contribution in [3.8, 4) is 0 Å². The van der Waals surface area contributed by atoms with Gasteiger partial charge in [-0.05, 0) is 19.9 Å². The zero-order valence-electron chi connectivity index (χ0n) is 11.4. The maximum atomic E-state index is 12.3. The first-order chi connectivity index (χ1) is 8.93. The van der Waals surface area contributed by atoms with Gasteiger partial charge in [-0.2, -0.15) is 4.31 Å². The van der Waals surface area contributed by atoms with Crippen LogP contribution in [-0.4, -0.2) is 80.4 Å². The summed E-state index contributed by atoms with van der Waals surface area (Å²) >= 11 is 0. The third-order valence-corrected chi connectivity index (χ3v) is 5.47. The molecule has 1 heterocycles. The van der Waals surface area contributed by atoms with Crippen molar-refractivity contribution in [2.24, 2.45) is 0 Å². The lowest BCUT2D eigenvalue weighted by molar-refractivity contribution is -0.139. The maximum Gasteiger partial charge on any atom is 0.325 e. The molecule has 112 valence electrons. The minimum atomic E-state index is -3.67. The van der Waals surface area contributed by atoms with Crippen molar-refractivity contribution in [1.29, 1.82) is 0 Å². The molecule has 1 N–H and O–H groups in total. The second-order valence-corrected chi connectivity index (χ2v) is 6.78. The van der Waals surface area contributed by atoms with E-state index in [-0.39, 0.29) is 6.61 Å². The standard InChI is InChI=1S/C11H22N2O5S/c1-10(11(15)18-2)19(16,17)13-5-3-4-12(6-7-13)8-9-14/h10,14H,3-9H2,1-2H3. The van der Waals surface area contributed by atoms with Crippen molar-refractivity contribution in [2.45, 2.75) is 18.6 Å². The van der Waals surface area contributed by atoms with Gasteiger partial charge in [-0.25, -0.2) is 8.42 Å². The molecule has 8 heteroatoms. The van der Waals surface area contributed by atoms with Crippen molar-refractivity contribution in [3.63, 3.8) is 0 Å². The Balaban J connectivity index is 2.71. The Bertz CT molecular complexity index is 398. The summed E-state index contributed by atoms with van der Waals surface area (Å²) in [4.78, 5) is 13.4. The van der Waals surface area contributed by atoms with Crippen molar-refractivity contribution >= 4 is 16.0 Å². The molecule has 1 rings (SSSR count). The summed E-state index contributed by atoms with van der Waals surface area (Å²) in [6.45, 7) is 3.99. The van der Waals surface area contributed by atoms with Crippen LogP contribution in [0.1, 0.15) is 13.3 Å². The second kappa shape index (κ2) is 7.18. The molecule has 19 heavy (non-hydrogen) atoms. The van der Waals surface area contributed by atoms with E-state index >= 15 is 0 Å². The van der Waals surface area contributed by atoms with Crippen LogP contribution in [0.5, 0.6) is 0 Å². The average molecular weight is 294 g/mol. The number of carbonyl (C=O) groups excluding carboxylic acids is 1. The number of methoxy groups -OCH3 is 1. The van der Waals surface area contributed by atoms with Crippen LogP contribution in [-0.2, 0) is 19.6 Å². The lowest BCUT2D eigenvalue weighted by Crippen LogP contribution is -2.43. The zero-order chi connectivity index (χ0) is 14.5. The number of esters is 1. The molecular formula is C11H22N2O5S. The van der Waals surface area contributed by atoms with E-state index in [1.54, 1.807) is 0 Å². The Morgan fingerprint density at radius 2 is 2.00 bits per heavy atom. The van der Waals surface area contributed by atoms with Gasteiger partial charge in [0, 0.05) is 26.2 Å². The molecule has 0 saturated carbocycles. The van der Waals surface area contributed by atoms with Gasteiger partial charge in [-0.1, -0.05) is 0 Å². The summed E-state index contributed by atoms with van der Waals surface area (Å²) in [5.41, 5.74) is 0. The largest absolute Gasteiger partial charge is 0.468 e. The first-order valence-corrected chi connectivity index (χ1v) is 7.83. The van der Waals surface area contributed by atoms with Crippen LogP contribution in [0, 0.1) is 0 Å². The van der Waals surface area contributed by atoms with E-state index in [0.29, 0.717) is 32.6 Å². The summed E-state index contributed by atoms with van der Waals surface area (Å²) in [7, 11) is -2.49. The third kappa shape index (κ3) is 4.13. The van der Waals surface area contributed by atoms with Gasteiger partial charge in [-0.3, -0.25) is 9.69 Å². The first-order valence-electron chi connectivity index (χ1n) is 6.33. The van der Waals surface area contributed by atoms with Gasteiger partial charge < -0.3 is 9.84 Å². The van der Waals surface area contributed by atoms with Gasteiger partial charge in [-0.15, -0.1) is 0 Å². The van der Waals surface area contributed by atoms with Crippen molar-refractivity contribution in [3.05, 3.63) is 0 Å². The molecule has 0 aromatic rings. The number of hydrogen-bond acceptors (Lipinski definition) is 6. The van der Waals surface area contributed by atoms with Crippen molar-refractivity contribution < 1.29 is 23.1 Å². The summed E-state index contributed by atoms with van der Waals surface area (Å²) in [5.74, 6) is -0.739. The van der Waals surface area contributed by atoms with Crippen LogP contribution in [0.2, 0.25) is 0 Å². The van der Waals surface area contributed by atoms with Crippen LogP contribution in [0.4, 0.5) is 0 Å². The molecule has 0 aliphatic carbocycles. The number of hydrogen-bond donors (Lipinski definition) is 1. The molecular weight excluding hydrogens is 272 g/mol. The Morgan fingerprint density at radius 1 is 1.32 bits per heavy atom. The van der Waals surface area contributed by atoms with Crippen molar-refractivity contribution in [2.75, 3.05) is 46.4 Å². The smallest absolute Gasteiger partial charge is 0.325 e. The summed E-state index contributed by atoms with van der Waals surface area (Å²) < 4.78 is 30.4. The van der Waals surface area contributed by atoms with E-state index in [1.807, 2.05) is 4.90 Å². The van der Waals surface area contributed by atoms with Gasteiger partial charge in [0.05, 0.1) is 13.7 Å². The average Bonchev–Trinajstić information content (AvgIpc) is 2.63. The van der Waals surface area contributed by atoms with Crippen LogP contribution >= 0.6 is 0 Å². The van der Waals surface area contributed by atoms with E-state index in [1.165, 1.54) is 18.3 Å². The SMILES string of the molecule is COC(=O)C(C)S(=O)(=O)N1CCCN(CCO)CC1. The molecule has 0 radical (unpaired) electrons. The lowest BCUT2D eigenvalue weighted by atomic mass is 10.4. The minimum Gasteiger partial charge on any atom is -0.468 e. The fraction of sp³-hybridized carbons (Fsp3) is 0.909. The topological polar surface area (TPSA) is 87.2 Å². The lowest BCUT2D eigenvalue weighted by Gasteiger charge is -2.23. The zero-order valence-corrected chi connectivity index (χ0v) is 12.2. The molecule has 1 unspecified atom stereocenters. The number of rotatable bonds is 5. The molecule has 7 nitrogen and oxygen atoms in total. The second-order valence-electron chi connectivity index (χ2n) is 4.53. The number of carbonyl (C=O) groups is 1. The summed E-state index contributed by atoms with van der Waals surface area (Å²) in [6, 6.07) is 0. The Morgan fingerprint density at radius 3 is 2.58 bits per heavy atom. The number of nitrogens with zero attached hydrogens (tertiary/aromatic N) is 2. The van der Waals surface area contributed by atoms with E-state index in [0.717, 1.165) is 6.54 Å². The highest BCUT2D eigenvalue weighted by Crippen LogP contribution is 2.14. The molecule has 0 spiro atoms. The highest BCUT2D eigenvalue weighted by atomic mass is 32.2. The molecule has 0 aromatic heterocycles. The first kappa shape index (κ1) is 16.4. The molecule has 1 saturated heterocycles. The van der Waals surface area contributed by atoms with E-state index in [2.05, 4.69) is 4.74 Å². The van der Waals surface area contributed by atoms with Gasteiger partial charge >= 0.3 is 5.97 Å². The highest BCUT2D eigenvalue weighted by Gasteiger charge is 2.35. The number of ether oxygens (including phenoxy) is 1. The van der Waals surface area contributed by atoms with E-state index < -0.39 is 21.2 Å². The van der Waals surface area contributed by atoms with E-state index in [9.17, 15) is 13.2 Å². The maximum absolute atomic E-state index is 12.3. The fourth-order valence-corrected chi connectivity index (χ4v) is 3.58. The van der Waals surface area contributed by atoms with Crippen LogP contribution in [0.3, 0.4) is 0 Å². The van der Waals surface area contributed by atoms with Gasteiger partial charge in [0.15, 0.2) is 5.25 Å². The fourth-order valence-electron chi connectivity index (χ4n) is 2.08. The number of aliphatic hydroxyl groups excluding tert-OH is 1. The predicted molar refractivity (Wildman–Crippen MR) is 70.1 cm³/mol. The van der Waals surface area contributed by atoms with Crippen LogP contribution in [0.25, 0.3) is 0 Å². The minimum absolute atomic E-state index is 0.0608. The molecule has 1 aliphatic heterocycles. The molecule has 0 amide bonds. The molecule has 1 atom stereocenters.